The van der Waals surface area contributed by atoms with Crippen LogP contribution >= 0.6 is 0 Å². The van der Waals surface area contributed by atoms with Gasteiger partial charge >= 0.3 is 5.97 Å². The maximum absolute atomic E-state index is 12.8. The van der Waals surface area contributed by atoms with Crippen molar-refractivity contribution in [2.24, 2.45) is 34.5 Å². The molecule has 0 aromatic rings. The number of aliphatic hydroxyl groups is 1. The van der Waals surface area contributed by atoms with E-state index in [0.29, 0.717) is 12.3 Å². The number of aliphatic hydroxyl groups excluding tert-OH is 1. The fourth-order valence-electron chi connectivity index (χ4n) is 5.41. The molecule has 0 aromatic heterocycles. The van der Waals surface area contributed by atoms with Gasteiger partial charge in [0.2, 0.25) is 6.29 Å². The molecule has 0 spiro atoms. The van der Waals surface area contributed by atoms with Gasteiger partial charge in [0, 0.05) is 6.42 Å². The van der Waals surface area contributed by atoms with Crippen molar-refractivity contribution < 1.29 is 14.6 Å². The van der Waals surface area contributed by atoms with E-state index in [-0.39, 0.29) is 17.3 Å². The van der Waals surface area contributed by atoms with E-state index in [1.807, 2.05) is 6.92 Å². The van der Waals surface area contributed by atoms with E-state index in [4.69, 9.17) is 4.74 Å². The molecule has 1 N–H and O–H groups in total. The second-order valence-corrected chi connectivity index (χ2v) is 11.0. The van der Waals surface area contributed by atoms with Crippen LogP contribution in [0.1, 0.15) is 99.3 Å². The third-order valence-corrected chi connectivity index (χ3v) is 6.93. The van der Waals surface area contributed by atoms with Crippen LogP contribution in [-0.4, -0.2) is 17.4 Å². The molecule has 2 bridgehead atoms. The molecule has 2 aliphatic rings. The summed E-state index contributed by atoms with van der Waals surface area (Å²) in [6.07, 6.45) is 9.61. The number of hydrogen-bond donors (Lipinski definition) is 1. The molecule has 4 atom stereocenters. The average molecular weight is 367 g/mol. The van der Waals surface area contributed by atoms with Gasteiger partial charge < -0.3 is 9.84 Å². The monoisotopic (exact) mass is 366 g/mol. The summed E-state index contributed by atoms with van der Waals surface area (Å²) in [5.74, 6) is 2.46. The van der Waals surface area contributed by atoms with Crippen LogP contribution in [0, 0.1) is 34.5 Å². The topological polar surface area (TPSA) is 46.5 Å². The molecular formula is C23H42O3. The van der Waals surface area contributed by atoms with Gasteiger partial charge in [-0.25, -0.2) is 0 Å². The number of carbonyl (C=O) groups is 1. The minimum absolute atomic E-state index is 0.0445. The molecule has 0 saturated heterocycles. The smallest absolute Gasteiger partial charge is 0.314 e. The van der Waals surface area contributed by atoms with E-state index in [1.54, 1.807) is 0 Å². The molecule has 2 rings (SSSR count). The highest BCUT2D eigenvalue weighted by Gasteiger charge is 2.42. The summed E-state index contributed by atoms with van der Waals surface area (Å²) >= 11 is 0. The normalized spacial score (nSPS) is 29.9. The number of ether oxygens (including phenoxy) is 1. The van der Waals surface area contributed by atoms with Gasteiger partial charge in [-0.15, -0.1) is 0 Å². The summed E-state index contributed by atoms with van der Waals surface area (Å²) < 4.78 is 5.52. The Bertz CT molecular complexity index is 453. The van der Waals surface area contributed by atoms with E-state index in [0.717, 1.165) is 24.7 Å². The van der Waals surface area contributed by atoms with Crippen molar-refractivity contribution in [3.63, 3.8) is 0 Å². The van der Waals surface area contributed by atoms with Gasteiger partial charge in [-0.1, -0.05) is 53.9 Å². The number of fused-ring (bicyclic) bond motifs is 2. The van der Waals surface area contributed by atoms with Gasteiger partial charge in [-0.05, 0) is 68.1 Å². The third kappa shape index (κ3) is 5.97. The van der Waals surface area contributed by atoms with Crippen molar-refractivity contribution in [1.29, 1.82) is 0 Å². The van der Waals surface area contributed by atoms with Crippen molar-refractivity contribution in [3.05, 3.63) is 0 Å². The Kier molecular flexibility index (Phi) is 7.21. The summed E-state index contributed by atoms with van der Waals surface area (Å²) in [6, 6.07) is 0. The van der Waals surface area contributed by atoms with Crippen LogP contribution in [0.25, 0.3) is 0 Å². The number of esters is 1. The van der Waals surface area contributed by atoms with E-state index in [1.165, 1.54) is 38.5 Å². The first-order chi connectivity index (χ1) is 12.0. The number of carbonyl (C=O) groups excluding carboxylic acids is 1. The molecule has 0 aromatic carbocycles. The number of hydrogen-bond acceptors (Lipinski definition) is 3. The predicted octanol–water partition coefficient (Wildman–Crippen LogP) is 5.94. The predicted molar refractivity (Wildman–Crippen MR) is 107 cm³/mol. The second-order valence-electron chi connectivity index (χ2n) is 11.0. The maximum atomic E-state index is 12.8. The first-order valence-corrected chi connectivity index (χ1v) is 10.9. The van der Waals surface area contributed by atoms with Gasteiger partial charge in [-0.3, -0.25) is 4.79 Å². The lowest BCUT2D eigenvalue weighted by molar-refractivity contribution is -0.185. The van der Waals surface area contributed by atoms with Crippen LogP contribution in [0.2, 0.25) is 0 Å². The molecule has 3 heteroatoms. The molecule has 152 valence electrons. The second kappa shape index (κ2) is 8.63. The van der Waals surface area contributed by atoms with Gasteiger partial charge in [0.15, 0.2) is 0 Å². The van der Waals surface area contributed by atoms with Gasteiger partial charge in [0.1, 0.15) is 0 Å². The van der Waals surface area contributed by atoms with Gasteiger partial charge in [0.25, 0.3) is 0 Å². The highest BCUT2D eigenvalue weighted by Crippen LogP contribution is 2.44. The van der Waals surface area contributed by atoms with E-state index in [9.17, 15) is 9.90 Å². The maximum Gasteiger partial charge on any atom is 0.314 e. The van der Waals surface area contributed by atoms with Crippen LogP contribution in [0.15, 0.2) is 0 Å². The minimum Gasteiger partial charge on any atom is -0.436 e. The summed E-state index contributed by atoms with van der Waals surface area (Å²) in [7, 11) is 0. The summed E-state index contributed by atoms with van der Waals surface area (Å²) in [4.78, 5) is 12.8. The van der Waals surface area contributed by atoms with E-state index >= 15 is 0 Å². The van der Waals surface area contributed by atoms with Crippen molar-refractivity contribution in [3.8, 4) is 0 Å². The lowest BCUT2D eigenvalue weighted by Crippen LogP contribution is -2.40. The zero-order chi connectivity index (χ0) is 19.5. The lowest BCUT2D eigenvalue weighted by atomic mass is 9.67. The summed E-state index contributed by atoms with van der Waals surface area (Å²) in [5.41, 5.74) is -0.510. The van der Waals surface area contributed by atoms with Crippen LogP contribution in [0.4, 0.5) is 0 Å². The molecule has 0 amide bonds. The molecule has 0 radical (unpaired) electrons. The zero-order valence-electron chi connectivity index (χ0n) is 18.0. The molecule has 0 aliphatic heterocycles. The van der Waals surface area contributed by atoms with E-state index in [2.05, 4.69) is 34.6 Å². The fraction of sp³-hybridized carbons (Fsp3) is 0.957. The van der Waals surface area contributed by atoms with Crippen LogP contribution < -0.4 is 0 Å². The largest absolute Gasteiger partial charge is 0.436 e. The fourth-order valence-corrected chi connectivity index (χ4v) is 5.41. The quantitative estimate of drug-likeness (QED) is 0.448. The molecule has 0 heterocycles. The lowest BCUT2D eigenvalue weighted by Gasteiger charge is -2.39. The Morgan fingerprint density at radius 2 is 1.65 bits per heavy atom. The first-order valence-electron chi connectivity index (χ1n) is 10.9. The SMILES string of the molecule is CC(C)C(C)(CC(C)(C)C)C(=O)OC(O)CCC1CC2CCCC(C2)C1. The average Bonchev–Trinajstić information content (AvgIpc) is 2.50. The van der Waals surface area contributed by atoms with Gasteiger partial charge in [-0.2, -0.15) is 0 Å². The van der Waals surface area contributed by atoms with Crippen LogP contribution in [0.3, 0.4) is 0 Å². The van der Waals surface area contributed by atoms with Crippen LogP contribution in [0.5, 0.6) is 0 Å². The van der Waals surface area contributed by atoms with Crippen molar-refractivity contribution in [1.82, 2.24) is 0 Å². The molecular weight excluding hydrogens is 324 g/mol. The Morgan fingerprint density at radius 1 is 1.08 bits per heavy atom. The van der Waals surface area contributed by atoms with Crippen molar-refractivity contribution in [2.45, 2.75) is 106 Å². The standard InChI is InChI=1S/C23H42O3/c1-16(2)23(6,15-22(3,4)5)21(25)26-20(24)11-10-19-13-17-8-7-9-18(12-17)14-19/h16-20,24H,7-15H2,1-6H3. The van der Waals surface area contributed by atoms with Crippen molar-refractivity contribution in [2.75, 3.05) is 0 Å². The Labute approximate surface area is 161 Å². The van der Waals surface area contributed by atoms with Gasteiger partial charge in [0.05, 0.1) is 5.41 Å². The van der Waals surface area contributed by atoms with Crippen molar-refractivity contribution >= 4 is 5.97 Å². The highest BCUT2D eigenvalue weighted by atomic mass is 16.6. The molecule has 2 fully saturated rings. The first kappa shape index (κ1) is 21.7. The summed E-state index contributed by atoms with van der Waals surface area (Å²) in [6.45, 7) is 12.6. The minimum atomic E-state index is -0.956. The third-order valence-electron chi connectivity index (χ3n) is 6.93. The van der Waals surface area contributed by atoms with E-state index < -0.39 is 11.7 Å². The Hall–Kier alpha value is -0.570. The molecule has 2 aliphatic carbocycles. The Morgan fingerprint density at radius 3 is 2.15 bits per heavy atom. The summed E-state index contributed by atoms with van der Waals surface area (Å²) in [5, 5.41) is 10.4. The molecule has 4 unspecified atom stereocenters. The highest BCUT2D eigenvalue weighted by molar-refractivity contribution is 5.76. The Balaban J connectivity index is 1.83. The molecule has 26 heavy (non-hydrogen) atoms. The molecule has 3 nitrogen and oxygen atoms in total. The molecule has 2 saturated carbocycles. The van der Waals surface area contributed by atoms with Crippen LogP contribution in [-0.2, 0) is 9.53 Å². The number of rotatable bonds is 7. The zero-order valence-corrected chi connectivity index (χ0v) is 18.0.